The highest BCUT2D eigenvalue weighted by Gasteiger charge is 2.64. The van der Waals surface area contributed by atoms with E-state index in [1.165, 1.54) is 0 Å². The zero-order chi connectivity index (χ0) is 16.8. The molecule has 0 aliphatic rings. The molecular formula is C10H6F9NO. The monoisotopic (exact) mass is 327 g/mol. The smallest absolute Gasteiger partial charge is 0.456 e. The minimum atomic E-state index is -6.41. The van der Waals surface area contributed by atoms with Crippen molar-refractivity contribution in [2.75, 3.05) is 5.73 Å². The average Bonchev–Trinajstić information content (AvgIpc) is 2.28. The van der Waals surface area contributed by atoms with Crippen LogP contribution < -0.4 is 5.73 Å². The number of nitrogen functional groups attached to an aromatic ring is 1. The minimum absolute atomic E-state index is 0.121. The van der Waals surface area contributed by atoms with Gasteiger partial charge >= 0.3 is 18.3 Å². The lowest BCUT2D eigenvalue weighted by molar-refractivity contribution is -0.305. The molecule has 1 unspecified atom stereocenters. The maximum absolute atomic E-state index is 13.4. The highest BCUT2D eigenvalue weighted by molar-refractivity contribution is 5.57. The summed E-state index contributed by atoms with van der Waals surface area (Å²) in [6.45, 7) is 0. The van der Waals surface area contributed by atoms with Crippen LogP contribution in [0.2, 0.25) is 0 Å². The van der Waals surface area contributed by atoms with Crippen molar-refractivity contribution in [1.29, 1.82) is 0 Å². The van der Waals surface area contributed by atoms with Gasteiger partial charge in [-0.15, -0.1) is 0 Å². The number of phenolic OH excluding ortho intramolecular Hbond substituents is 1. The third-order valence-electron chi connectivity index (χ3n) is 2.47. The Morgan fingerprint density at radius 3 is 1.81 bits per heavy atom. The summed E-state index contributed by atoms with van der Waals surface area (Å²) in [4.78, 5) is 0. The van der Waals surface area contributed by atoms with Crippen molar-refractivity contribution >= 4 is 5.69 Å². The van der Waals surface area contributed by atoms with Crippen molar-refractivity contribution in [2.24, 2.45) is 0 Å². The van der Waals surface area contributed by atoms with Gasteiger partial charge in [-0.05, 0) is 12.1 Å². The minimum Gasteiger partial charge on any atom is -0.506 e. The van der Waals surface area contributed by atoms with Gasteiger partial charge in [-0.2, -0.15) is 35.1 Å². The first kappa shape index (κ1) is 17.2. The Morgan fingerprint density at radius 1 is 0.952 bits per heavy atom. The quantitative estimate of drug-likeness (QED) is 0.486. The van der Waals surface area contributed by atoms with Crippen molar-refractivity contribution in [1.82, 2.24) is 0 Å². The van der Waals surface area contributed by atoms with E-state index in [2.05, 4.69) is 0 Å². The van der Waals surface area contributed by atoms with E-state index in [-0.39, 0.29) is 12.1 Å². The lowest BCUT2D eigenvalue weighted by Gasteiger charge is -2.25. The Hall–Kier alpha value is -1.81. The molecule has 1 atom stereocenters. The SMILES string of the molecule is Nc1cc(C(F)(F)F)c(C(F)C(F)(F)C(F)(F)F)cc1O. The van der Waals surface area contributed by atoms with Gasteiger partial charge in [0.1, 0.15) is 5.75 Å². The number of anilines is 1. The predicted molar refractivity (Wildman–Crippen MR) is 52.4 cm³/mol. The van der Waals surface area contributed by atoms with Crippen LogP contribution in [0.1, 0.15) is 17.3 Å². The Bertz CT molecular complexity index is 535. The fraction of sp³-hybridized carbons (Fsp3) is 0.400. The van der Waals surface area contributed by atoms with Gasteiger partial charge in [0, 0.05) is 5.56 Å². The lowest BCUT2D eigenvalue weighted by Crippen LogP contribution is -2.41. The summed E-state index contributed by atoms with van der Waals surface area (Å²) in [6, 6.07) is -0.327. The topological polar surface area (TPSA) is 46.2 Å². The number of aromatic hydroxyl groups is 1. The first-order valence-corrected chi connectivity index (χ1v) is 4.97. The van der Waals surface area contributed by atoms with Crippen LogP contribution in [0.5, 0.6) is 5.75 Å². The molecule has 120 valence electrons. The molecule has 0 aromatic heterocycles. The van der Waals surface area contributed by atoms with Crippen LogP contribution in [0.25, 0.3) is 0 Å². The predicted octanol–water partition coefficient (Wildman–Crippen LogP) is 4.20. The number of phenols is 1. The van der Waals surface area contributed by atoms with Crippen LogP contribution in [0.15, 0.2) is 12.1 Å². The molecule has 0 bridgehead atoms. The number of hydrogen-bond donors (Lipinski definition) is 2. The lowest BCUT2D eigenvalue weighted by atomic mass is 9.97. The van der Waals surface area contributed by atoms with Crippen molar-refractivity contribution in [2.45, 2.75) is 24.4 Å². The Morgan fingerprint density at radius 2 is 1.43 bits per heavy atom. The molecule has 0 saturated heterocycles. The van der Waals surface area contributed by atoms with E-state index in [0.29, 0.717) is 0 Å². The summed E-state index contributed by atoms with van der Waals surface area (Å²) in [6.07, 6.45) is -16.2. The average molecular weight is 327 g/mol. The van der Waals surface area contributed by atoms with Crippen molar-refractivity contribution in [3.8, 4) is 5.75 Å². The van der Waals surface area contributed by atoms with E-state index in [0.717, 1.165) is 0 Å². The zero-order valence-corrected chi connectivity index (χ0v) is 9.66. The van der Waals surface area contributed by atoms with Gasteiger partial charge in [-0.3, -0.25) is 0 Å². The number of rotatable bonds is 2. The molecule has 0 fully saturated rings. The maximum Gasteiger partial charge on any atom is 0.456 e. The highest BCUT2D eigenvalue weighted by atomic mass is 19.4. The van der Waals surface area contributed by atoms with Crippen LogP contribution in [-0.4, -0.2) is 17.2 Å². The first-order valence-electron chi connectivity index (χ1n) is 4.97. The molecule has 1 aromatic rings. The number of nitrogens with two attached hydrogens (primary N) is 1. The Balaban J connectivity index is 3.53. The number of alkyl halides is 9. The summed E-state index contributed by atoms with van der Waals surface area (Å²) in [5, 5.41) is 9.02. The zero-order valence-electron chi connectivity index (χ0n) is 9.66. The van der Waals surface area contributed by atoms with Crippen LogP contribution >= 0.6 is 0 Å². The second kappa shape index (κ2) is 4.88. The molecule has 2 nitrogen and oxygen atoms in total. The van der Waals surface area contributed by atoms with Gasteiger partial charge < -0.3 is 10.8 Å². The van der Waals surface area contributed by atoms with E-state index in [1.807, 2.05) is 0 Å². The van der Waals surface area contributed by atoms with Crippen molar-refractivity contribution in [3.05, 3.63) is 23.3 Å². The standard InChI is InChI=1S/C10H6F9NO/c11-7(8(12,13)10(17,18)19)3-1-6(21)5(20)2-4(3)9(14,15)16/h1-2,7,21H,20H2. The Kier molecular flexibility index (Phi) is 4.01. The van der Waals surface area contributed by atoms with E-state index in [1.54, 1.807) is 0 Å². The van der Waals surface area contributed by atoms with Gasteiger partial charge in [0.05, 0.1) is 11.3 Å². The molecule has 0 aliphatic carbocycles. The summed E-state index contributed by atoms with van der Waals surface area (Å²) >= 11 is 0. The molecule has 0 aliphatic heterocycles. The number of benzene rings is 1. The van der Waals surface area contributed by atoms with E-state index >= 15 is 0 Å². The normalized spacial score (nSPS) is 15.1. The van der Waals surface area contributed by atoms with Crippen molar-refractivity contribution < 1.29 is 44.6 Å². The fourth-order valence-electron chi connectivity index (χ4n) is 1.42. The Labute approximate surface area is 111 Å². The van der Waals surface area contributed by atoms with Gasteiger partial charge in [-0.25, -0.2) is 4.39 Å². The molecule has 11 heteroatoms. The molecular weight excluding hydrogens is 321 g/mol. The van der Waals surface area contributed by atoms with E-state index < -0.39 is 47.0 Å². The van der Waals surface area contributed by atoms with Crippen LogP contribution in [-0.2, 0) is 6.18 Å². The third kappa shape index (κ3) is 3.10. The molecule has 1 rings (SSSR count). The number of halogens is 9. The molecule has 0 heterocycles. The van der Waals surface area contributed by atoms with Gasteiger partial charge in [-0.1, -0.05) is 0 Å². The summed E-state index contributed by atoms with van der Waals surface area (Å²) in [5.41, 5.74) is -0.240. The summed E-state index contributed by atoms with van der Waals surface area (Å²) < 4.78 is 113. The van der Waals surface area contributed by atoms with Gasteiger partial charge in [0.15, 0.2) is 6.17 Å². The summed E-state index contributed by atoms with van der Waals surface area (Å²) in [7, 11) is 0. The molecule has 21 heavy (non-hydrogen) atoms. The molecule has 0 spiro atoms. The largest absolute Gasteiger partial charge is 0.506 e. The van der Waals surface area contributed by atoms with Gasteiger partial charge in [0.2, 0.25) is 0 Å². The highest BCUT2D eigenvalue weighted by Crippen LogP contribution is 2.50. The van der Waals surface area contributed by atoms with Crippen LogP contribution in [0.3, 0.4) is 0 Å². The second-order valence-corrected chi connectivity index (χ2v) is 3.98. The van der Waals surface area contributed by atoms with Gasteiger partial charge in [0.25, 0.3) is 0 Å². The van der Waals surface area contributed by atoms with Crippen LogP contribution in [0, 0.1) is 0 Å². The third-order valence-corrected chi connectivity index (χ3v) is 2.47. The van der Waals surface area contributed by atoms with E-state index in [9.17, 15) is 39.5 Å². The van der Waals surface area contributed by atoms with Crippen LogP contribution in [0.4, 0.5) is 45.2 Å². The molecule has 3 N–H and O–H groups in total. The molecule has 0 saturated carbocycles. The first-order chi connectivity index (χ1) is 9.19. The van der Waals surface area contributed by atoms with E-state index in [4.69, 9.17) is 10.8 Å². The fourth-order valence-corrected chi connectivity index (χ4v) is 1.42. The summed E-state index contributed by atoms with van der Waals surface area (Å²) in [5.74, 6) is -7.33. The molecule has 1 aromatic carbocycles. The van der Waals surface area contributed by atoms with Crippen molar-refractivity contribution in [3.63, 3.8) is 0 Å². The second-order valence-electron chi connectivity index (χ2n) is 3.98. The molecule has 0 radical (unpaired) electrons. The maximum atomic E-state index is 13.4. The molecule has 0 amide bonds. The number of hydrogen-bond acceptors (Lipinski definition) is 2.